The minimum absolute atomic E-state index is 0.0919. The van der Waals surface area contributed by atoms with E-state index in [1.165, 1.54) is 5.56 Å². The van der Waals surface area contributed by atoms with Crippen LogP contribution >= 0.6 is 0 Å². The molecule has 0 radical (unpaired) electrons. The highest BCUT2D eigenvalue weighted by Crippen LogP contribution is 2.30. The fourth-order valence-corrected chi connectivity index (χ4v) is 1.62. The molecule has 0 bridgehead atoms. The highest BCUT2D eigenvalue weighted by Gasteiger charge is 2.18. The van der Waals surface area contributed by atoms with Crippen LogP contribution in [0.25, 0.3) is 0 Å². The number of aliphatic hydroxyl groups excluding tert-OH is 1. The van der Waals surface area contributed by atoms with Crippen LogP contribution in [0.4, 0.5) is 5.69 Å². The molecule has 1 atom stereocenters. The van der Waals surface area contributed by atoms with E-state index in [1.54, 1.807) is 0 Å². The van der Waals surface area contributed by atoms with E-state index in [2.05, 4.69) is 11.4 Å². The molecular formula is C11H15NO2. The maximum absolute atomic E-state index is 8.81. The number of ether oxygens (including phenoxy) is 1. The zero-order valence-corrected chi connectivity index (χ0v) is 8.29. The van der Waals surface area contributed by atoms with Gasteiger partial charge in [0.1, 0.15) is 11.9 Å². The normalized spacial score (nSPS) is 19.4. The molecule has 1 aromatic carbocycles. The number of nitrogens with one attached hydrogen (secondary N) is 1. The van der Waals surface area contributed by atoms with Crippen LogP contribution in [-0.4, -0.2) is 24.4 Å². The van der Waals surface area contributed by atoms with E-state index in [0.717, 1.165) is 18.0 Å². The van der Waals surface area contributed by atoms with Crippen molar-refractivity contribution in [3.05, 3.63) is 23.8 Å². The number of anilines is 1. The van der Waals surface area contributed by atoms with Crippen molar-refractivity contribution in [2.75, 3.05) is 18.5 Å². The highest BCUT2D eigenvalue weighted by molar-refractivity contribution is 5.59. The summed E-state index contributed by atoms with van der Waals surface area (Å²) >= 11 is 0. The molecule has 0 aromatic heterocycles. The van der Waals surface area contributed by atoms with Gasteiger partial charge in [-0.1, -0.05) is 6.07 Å². The lowest BCUT2D eigenvalue weighted by Gasteiger charge is -2.27. The van der Waals surface area contributed by atoms with Crippen molar-refractivity contribution in [3.63, 3.8) is 0 Å². The smallest absolute Gasteiger partial charge is 0.143 e. The SMILES string of the molecule is Cc1ccc2c(c1)O[C@@H](CCO)CN2. The van der Waals surface area contributed by atoms with E-state index in [0.29, 0.717) is 6.42 Å². The molecule has 0 amide bonds. The Hall–Kier alpha value is -1.22. The van der Waals surface area contributed by atoms with Crippen molar-refractivity contribution in [1.82, 2.24) is 0 Å². The molecule has 1 heterocycles. The van der Waals surface area contributed by atoms with Gasteiger partial charge < -0.3 is 15.2 Å². The lowest BCUT2D eigenvalue weighted by atomic mass is 10.1. The average Bonchev–Trinajstić information content (AvgIpc) is 2.17. The van der Waals surface area contributed by atoms with Crippen molar-refractivity contribution in [2.45, 2.75) is 19.4 Å². The second kappa shape index (κ2) is 3.88. The third-order valence-corrected chi connectivity index (χ3v) is 2.40. The average molecular weight is 193 g/mol. The van der Waals surface area contributed by atoms with Gasteiger partial charge in [-0.15, -0.1) is 0 Å². The Bertz CT molecular complexity index is 325. The Balaban J connectivity index is 2.16. The van der Waals surface area contributed by atoms with Crippen LogP contribution in [0.5, 0.6) is 5.75 Å². The number of aliphatic hydroxyl groups is 1. The second-order valence-electron chi connectivity index (χ2n) is 3.63. The van der Waals surface area contributed by atoms with Gasteiger partial charge in [-0.25, -0.2) is 0 Å². The van der Waals surface area contributed by atoms with Gasteiger partial charge in [0.15, 0.2) is 0 Å². The molecule has 3 nitrogen and oxygen atoms in total. The van der Waals surface area contributed by atoms with Gasteiger partial charge >= 0.3 is 0 Å². The molecule has 0 unspecified atom stereocenters. The molecule has 2 N–H and O–H groups in total. The van der Waals surface area contributed by atoms with Crippen LogP contribution in [0.1, 0.15) is 12.0 Å². The summed E-state index contributed by atoms with van der Waals surface area (Å²) in [6.07, 6.45) is 0.773. The van der Waals surface area contributed by atoms with Crippen LogP contribution in [0, 0.1) is 6.92 Å². The first kappa shape index (κ1) is 9.34. The topological polar surface area (TPSA) is 41.5 Å². The van der Waals surface area contributed by atoms with E-state index in [-0.39, 0.29) is 12.7 Å². The van der Waals surface area contributed by atoms with Gasteiger partial charge in [-0.2, -0.15) is 0 Å². The molecule has 1 aliphatic heterocycles. The summed E-state index contributed by atoms with van der Waals surface area (Å²) in [5, 5.41) is 12.1. The standard InChI is InChI=1S/C11H15NO2/c1-8-2-3-10-11(6-8)14-9(4-5-13)7-12-10/h2-3,6,9,12-13H,4-5,7H2,1H3/t9-/m0/s1. The van der Waals surface area contributed by atoms with Crippen molar-refractivity contribution >= 4 is 5.69 Å². The molecular weight excluding hydrogens is 178 g/mol. The predicted molar refractivity (Wildman–Crippen MR) is 55.8 cm³/mol. The van der Waals surface area contributed by atoms with E-state index < -0.39 is 0 Å². The number of aryl methyl sites for hydroxylation is 1. The molecule has 0 aliphatic carbocycles. The quantitative estimate of drug-likeness (QED) is 0.748. The lowest BCUT2D eigenvalue weighted by Crippen LogP contribution is -2.31. The third kappa shape index (κ3) is 1.82. The number of hydrogen-bond acceptors (Lipinski definition) is 3. The van der Waals surface area contributed by atoms with Crippen LogP contribution in [0.3, 0.4) is 0 Å². The molecule has 14 heavy (non-hydrogen) atoms. The van der Waals surface area contributed by atoms with E-state index in [4.69, 9.17) is 9.84 Å². The monoisotopic (exact) mass is 193 g/mol. The number of benzene rings is 1. The number of hydrogen-bond donors (Lipinski definition) is 2. The Morgan fingerprint density at radius 3 is 3.21 bits per heavy atom. The minimum Gasteiger partial charge on any atom is -0.486 e. The Kier molecular flexibility index (Phi) is 2.59. The van der Waals surface area contributed by atoms with Crippen LogP contribution in [0.15, 0.2) is 18.2 Å². The van der Waals surface area contributed by atoms with E-state index in [1.807, 2.05) is 19.1 Å². The molecule has 0 fully saturated rings. The molecule has 1 aliphatic rings. The molecule has 0 saturated carbocycles. The maximum Gasteiger partial charge on any atom is 0.143 e. The summed E-state index contributed by atoms with van der Waals surface area (Å²) in [7, 11) is 0. The largest absolute Gasteiger partial charge is 0.486 e. The van der Waals surface area contributed by atoms with E-state index in [9.17, 15) is 0 Å². The first-order valence-electron chi connectivity index (χ1n) is 4.91. The van der Waals surface area contributed by atoms with Crippen molar-refractivity contribution in [1.29, 1.82) is 0 Å². The van der Waals surface area contributed by atoms with Crippen LogP contribution in [-0.2, 0) is 0 Å². The zero-order chi connectivity index (χ0) is 9.97. The van der Waals surface area contributed by atoms with Gasteiger partial charge in [0, 0.05) is 13.0 Å². The summed E-state index contributed by atoms with van der Waals surface area (Å²) in [6, 6.07) is 6.10. The molecule has 3 heteroatoms. The number of rotatable bonds is 2. The van der Waals surface area contributed by atoms with Crippen molar-refractivity contribution < 1.29 is 9.84 Å². The molecule has 0 saturated heterocycles. The summed E-state index contributed by atoms with van der Waals surface area (Å²) in [5.41, 5.74) is 2.24. The molecule has 76 valence electrons. The zero-order valence-electron chi connectivity index (χ0n) is 8.29. The second-order valence-corrected chi connectivity index (χ2v) is 3.63. The van der Waals surface area contributed by atoms with Gasteiger partial charge in [0.05, 0.1) is 12.2 Å². The fourth-order valence-electron chi connectivity index (χ4n) is 1.62. The van der Waals surface area contributed by atoms with Crippen molar-refractivity contribution in [3.8, 4) is 5.75 Å². The molecule has 2 rings (SSSR count). The van der Waals surface area contributed by atoms with Crippen molar-refractivity contribution in [2.24, 2.45) is 0 Å². The summed E-state index contributed by atoms with van der Waals surface area (Å²) in [4.78, 5) is 0. The van der Waals surface area contributed by atoms with Gasteiger partial charge in [-0.3, -0.25) is 0 Å². The minimum atomic E-state index is 0.0919. The Morgan fingerprint density at radius 1 is 1.57 bits per heavy atom. The van der Waals surface area contributed by atoms with Crippen LogP contribution < -0.4 is 10.1 Å². The molecule has 0 spiro atoms. The lowest BCUT2D eigenvalue weighted by molar-refractivity contribution is 0.158. The fraction of sp³-hybridized carbons (Fsp3) is 0.455. The van der Waals surface area contributed by atoms with Gasteiger partial charge in [-0.05, 0) is 24.6 Å². The summed E-state index contributed by atoms with van der Waals surface area (Å²) in [6.45, 7) is 2.99. The first-order chi connectivity index (χ1) is 6.79. The summed E-state index contributed by atoms with van der Waals surface area (Å²) < 4.78 is 5.73. The Morgan fingerprint density at radius 2 is 2.43 bits per heavy atom. The van der Waals surface area contributed by atoms with Gasteiger partial charge in [0.2, 0.25) is 0 Å². The van der Waals surface area contributed by atoms with E-state index >= 15 is 0 Å². The molecule has 1 aromatic rings. The van der Waals surface area contributed by atoms with Crippen LogP contribution in [0.2, 0.25) is 0 Å². The third-order valence-electron chi connectivity index (χ3n) is 2.40. The predicted octanol–water partition coefficient (Wildman–Crippen LogP) is 1.55. The number of fused-ring (bicyclic) bond motifs is 1. The Labute approximate surface area is 83.7 Å². The summed E-state index contributed by atoms with van der Waals surface area (Å²) in [5.74, 6) is 0.898. The van der Waals surface area contributed by atoms with Gasteiger partial charge in [0.25, 0.3) is 0 Å². The highest BCUT2D eigenvalue weighted by atomic mass is 16.5. The maximum atomic E-state index is 8.81. The first-order valence-corrected chi connectivity index (χ1v) is 4.91.